The summed E-state index contributed by atoms with van der Waals surface area (Å²) in [4.78, 5) is 2.40. The molecule has 1 aromatic carbocycles. The Hall–Kier alpha value is -0.640. The molecular weight excluding hydrogens is 275 g/mol. The van der Waals surface area contributed by atoms with E-state index < -0.39 is 0 Å². The molecule has 0 amide bonds. The SMILES string of the molecule is CC(C)(C)NCC1CCCN1Cc1cc(F)ccc1Cl. The summed E-state index contributed by atoms with van der Waals surface area (Å²) in [6.07, 6.45) is 2.39. The predicted octanol–water partition coefficient (Wildman–Crippen LogP) is 3.83. The van der Waals surface area contributed by atoms with Crippen molar-refractivity contribution >= 4 is 11.6 Å². The first kappa shape index (κ1) is 15.7. The fraction of sp³-hybridized carbons (Fsp3) is 0.625. The molecule has 1 aliphatic heterocycles. The van der Waals surface area contributed by atoms with Crippen LogP contribution in [-0.2, 0) is 6.54 Å². The fourth-order valence-electron chi connectivity index (χ4n) is 2.64. The molecule has 4 heteroatoms. The molecular formula is C16H24ClFN2. The van der Waals surface area contributed by atoms with Gasteiger partial charge in [-0.05, 0) is 63.9 Å². The van der Waals surface area contributed by atoms with Crippen LogP contribution < -0.4 is 5.32 Å². The molecule has 0 aromatic heterocycles. The average Bonchev–Trinajstić information content (AvgIpc) is 2.78. The van der Waals surface area contributed by atoms with Gasteiger partial charge in [0, 0.05) is 29.7 Å². The molecule has 20 heavy (non-hydrogen) atoms. The largest absolute Gasteiger partial charge is 0.311 e. The minimum atomic E-state index is -0.215. The lowest BCUT2D eigenvalue weighted by molar-refractivity contribution is 0.225. The maximum atomic E-state index is 13.3. The average molecular weight is 299 g/mol. The van der Waals surface area contributed by atoms with Crippen LogP contribution in [0.2, 0.25) is 5.02 Å². The molecule has 1 atom stereocenters. The molecule has 0 saturated carbocycles. The maximum Gasteiger partial charge on any atom is 0.123 e. The Morgan fingerprint density at radius 1 is 1.40 bits per heavy atom. The van der Waals surface area contributed by atoms with E-state index in [-0.39, 0.29) is 11.4 Å². The van der Waals surface area contributed by atoms with E-state index in [4.69, 9.17) is 11.6 Å². The highest BCUT2D eigenvalue weighted by molar-refractivity contribution is 6.31. The molecule has 0 bridgehead atoms. The van der Waals surface area contributed by atoms with Crippen molar-refractivity contribution in [2.75, 3.05) is 13.1 Å². The van der Waals surface area contributed by atoms with Crippen LogP contribution in [-0.4, -0.2) is 29.6 Å². The van der Waals surface area contributed by atoms with Crippen molar-refractivity contribution in [2.24, 2.45) is 0 Å². The zero-order valence-corrected chi connectivity index (χ0v) is 13.3. The number of likely N-dealkylation sites (tertiary alicyclic amines) is 1. The van der Waals surface area contributed by atoms with Crippen LogP contribution in [0.25, 0.3) is 0 Å². The molecule has 1 saturated heterocycles. The molecule has 1 unspecified atom stereocenters. The molecule has 0 radical (unpaired) electrons. The van der Waals surface area contributed by atoms with Crippen LogP contribution in [0.3, 0.4) is 0 Å². The van der Waals surface area contributed by atoms with E-state index in [0.717, 1.165) is 25.2 Å². The Morgan fingerprint density at radius 3 is 2.85 bits per heavy atom. The summed E-state index contributed by atoms with van der Waals surface area (Å²) >= 11 is 6.16. The van der Waals surface area contributed by atoms with Gasteiger partial charge >= 0.3 is 0 Å². The molecule has 1 N–H and O–H groups in total. The maximum absolute atomic E-state index is 13.3. The number of nitrogens with zero attached hydrogens (tertiary/aromatic N) is 1. The van der Waals surface area contributed by atoms with E-state index in [0.29, 0.717) is 11.1 Å². The molecule has 112 valence electrons. The van der Waals surface area contributed by atoms with Crippen molar-refractivity contribution in [3.8, 4) is 0 Å². The normalized spacial score (nSPS) is 20.6. The summed E-state index contributed by atoms with van der Waals surface area (Å²) in [5.74, 6) is -0.215. The second-order valence-electron chi connectivity index (χ2n) is 6.63. The van der Waals surface area contributed by atoms with Gasteiger partial charge in [0.15, 0.2) is 0 Å². The second kappa shape index (κ2) is 6.42. The first-order valence-electron chi connectivity index (χ1n) is 7.28. The van der Waals surface area contributed by atoms with Gasteiger partial charge in [0.05, 0.1) is 0 Å². The standard InChI is InChI=1S/C16H24ClFN2/c1-16(2,3)19-10-14-5-4-8-20(14)11-12-9-13(18)6-7-15(12)17/h6-7,9,14,19H,4-5,8,10-11H2,1-3H3. The van der Waals surface area contributed by atoms with Gasteiger partial charge in [-0.1, -0.05) is 11.6 Å². The smallest absolute Gasteiger partial charge is 0.123 e. The van der Waals surface area contributed by atoms with Crippen molar-refractivity contribution in [1.29, 1.82) is 0 Å². The van der Waals surface area contributed by atoms with E-state index in [2.05, 4.69) is 31.0 Å². The Balaban J connectivity index is 1.99. The lowest BCUT2D eigenvalue weighted by atomic mass is 10.1. The molecule has 1 aliphatic rings. The van der Waals surface area contributed by atoms with Crippen molar-refractivity contribution in [2.45, 2.75) is 51.7 Å². The molecule has 2 rings (SSSR count). The van der Waals surface area contributed by atoms with Crippen LogP contribution in [0.15, 0.2) is 18.2 Å². The first-order valence-corrected chi connectivity index (χ1v) is 7.66. The summed E-state index contributed by atoms with van der Waals surface area (Å²) < 4.78 is 13.3. The number of hydrogen-bond donors (Lipinski definition) is 1. The Labute approximate surface area is 126 Å². The summed E-state index contributed by atoms with van der Waals surface area (Å²) in [7, 11) is 0. The van der Waals surface area contributed by atoms with E-state index in [1.165, 1.54) is 18.9 Å². The molecule has 0 spiro atoms. The number of rotatable bonds is 4. The lowest BCUT2D eigenvalue weighted by Gasteiger charge is -2.29. The van der Waals surface area contributed by atoms with E-state index >= 15 is 0 Å². The number of nitrogens with one attached hydrogen (secondary N) is 1. The van der Waals surface area contributed by atoms with E-state index in [1.54, 1.807) is 12.1 Å². The third-order valence-corrected chi connectivity index (χ3v) is 4.12. The summed E-state index contributed by atoms with van der Waals surface area (Å²) in [6, 6.07) is 5.11. The van der Waals surface area contributed by atoms with Crippen molar-refractivity contribution in [1.82, 2.24) is 10.2 Å². The molecule has 1 aromatic rings. The van der Waals surface area contributed by atoms with E-state index in [1.807, 2.05) is 0 Å². The van der Waals surface area contributed by atoms with Gasteiger partial charge in [0.1, 0.15) is 5.82 Å². The van der Waals surface area contributed by atoms with Gasteiger partial charge < -0.3 is 5.32 Å². The lowest BCUT2D eigenvalue weighted by Crippen LogP contribution is -2.45. The van der Waals surface area contributed by atoms with E-state index in [9.17, 15) is 4.39 Å². The summed E-state index contributed by atoms with van der Waals surface area (Å²) in [5, 5.41) is 4.21. The summed E-state index contributed by atoms with van der Waals surface area (Å²) in [5.41, 5.74) is 1.01. The minimum Gasteiger partial charge on any atom is -0.311 e. The minimum absolute atomic E-state index is 0.130. The predicted molar refractivity (Wildman–Crippen MR) is 82.6 cm³/mol. The van der Waals surface area contributed by atoms with Gasteiger partial charge in [-0.2, -0.15) is 0 Å². The molecule has 0 aliphatic carbocycles. The number of benzene rings is 1. The topological polar surface area (TPSA) is 15.3 Å². The van der Waals surface area contributed by atoms with Gasteiger partial charge in [0.2, 0.25) is 0 Å². The third-order valence-electron chi connectivity index (χ3n) is 3.75. The zero-order valence-electron chi connectivity index (χ0n) is 12.5. The Kier molecular flexibility index (Phi) is 5.05. The van der Waals surface area contributed by atoms with Gasteiger partial charge in [-0.25, -0.2) is 4.39 Å². The highest BCUT2D eigenvalue weighted by Crippen LogP contribution is 2.24. The number of hydrogen-bond acceptors (Lipinski definition) is 2. The van der Waals surface area contributed by atoms with Gasteiger partial charge in [0.25, 0.3) is 0 Å². The monoisotopic (exact) mass is 298 g/mol. The third kappa shape index (κ3) is 4.44. The van der Waals surface area contributed by atoms with Crippen molar-refractivity contribution in [3.05, 3.63) is 34.6 Å². The van der Waals surface area contributed by atoms with Crippen LogP contribution in [0, 0.1) is 5.82 Å². The fourth-order valence-corrected chi connectivity index (χ4v) is 2.82. The quantitative estimate of drug-likeness (QED) is 0.909. The van der Waals surface area contributed by atoms with Crippen molar-refractivity contribution in [3.63, 3.8) is 0 Å². The molecule has 2 nitrogen and oxygen atoms in total. The van der Waals surface area contributed by atoms with Crippen LogP contribution in [0.5, 0.6) is 0 Å². The summed E-state index contributed by atoms with van der Waals surface area (Å²) in [6.45, 7) is 9.29. The second-order valence-corrected chi connectivity index (χ2v) is 7.04. The van der Waals surface area contributed by atoms with Crippen LogP contribution in [0.4, 0.5) is 4.39 Å². The van der Waals surface area contributed by atoms with Crippen molar-refractivity contribution < 1.29 is 4.39 Å². The molecule has 1 heterocycles. The highest BCUT2D eigenvalue weighted by Gasteiger charge is 2.26. The van der Waals surface area contributed by atoms with Gasteiger partial charge in [-0.15, -0.1) is 0 Å². The highest BCUT2D eigenvalue weighted by atomic mass is 35.5. The molecule has 1 fully saturated rings. The van der Waals surface area contributed by atoms with Crippen LogP contribution in [0.1, 0.15) is 39.2 Å². The van der Waals surface area contributed by atoms with Crippen LogP contribution >= 0.6 is 11.6 Å². The van der Waals surface area contributed by atoms with Gasteiger partial charge in [-0.3, -0.25) is 4.90 Å². The Morgan fingerprint density at radius 2 is 2.15 bits per heavy atom. The Bertz CT molecular complexity index is 456. The zero-order chi connectivity index (χ0) is 14.8. The number of halogens is 2. The first-order chi connectivity index (χ1) is 9.35.